The van der Waals surface area contributed by atoms with Gasteiger partial charge in [-0.2, -0.15) is 0 Å². The van der Waals surface area contributed by atoms with Crippen molar-refractivity contribution in [2.75, 3.05) is 24.6 Å². The SMILES string of the molecule is NC1CS(=O)(=O)CC1N1CCC2NC(=O)CCC2C1. The van der Waals surface area contributed by atoms with E-state index in [0.717, 1.165) is 25.9 Å². The lowest BCUT2D eigenvalue weighted by molar-refractivity contribution is -0.125. The maximum absolute atomic E-state index is 11.7. The van der Waals surface area contributed by atoms with Crippen LogP contribution < -0.4 is 11.1 Å². The maximum atomic E-state index is 11.7. The Kier molecular flexibility index (Phi) is 3.31. The average molecular weight is 287 g/mol. The second kappa shape index (κ2) is 4.71. The highest BCUT2D eigenvalue weighted by atomic mass is 32.2. The Morgan fingerprint density at radius 1 is 1.26 bits per heavy atom. The molecule has 3 aliphatic heterocycles. The van der Waals surface area contributed by atoms with Gasteiger partial charge < -0.3 is 11.1 Å². The first kappa shape index (κ1) is 13.3. The summed E-state index contributed by atoms with van der Waals surface area (Å²) in [5.41, 5.74) is 5.98. The van der Waals surface area contributed by atoms with Gasteiger partial charge in [-0.1, -0.05) is 0 Å². The minimum Gasteiger partial charge on any atom is -0.353 e. The lowest BCUT2D eigenvalue weighted by atomic mass is 9.84. The Labute approximate surface area is 113 Å². The van der Waals surface area contributed by atoms with Gasteiger partial charge in [-0.25, -0.2) is 8.42 Å². The van der Waals surface area contributed by atoms with Gasteiger partial charge in [-0.05, 0) is 18.8 Å². The van der Waals surface area contributed by atoms with Gasteiger partial charge in [-0.15, -0.1) is 0 Å². The molecule has 3 rings (SSSR count). The highest BCUT2D eigenvalue weighted by Gasteiger charge is 2.42. The fraction of sp³-hybridized carbons (Fsp3) is 0.917. The summed E-state index contributed by atoms with van der Waals surface area (Å²) in [7, 11) is -2.97. The highest BCUT2D eigenvalue weighted by Crippen LogP contribution is 2.28. The zero-order valence-corrected chi connectivity index (χ0v) is 11.7. The molecule has 1 amide bonds. The van der Waals surface area contributed by atoms with Crippen LogP contribution in [0.15, 0.2) is 0 Å². The summed E-state index contributed by atoms with van der Waals surface area (Å²) in [5.74, 6) is 0.897. The standard InChI is InChI=1S/C12H21N3O3S/c13-9-6-19(17,18)7-11(9)15-4-3-10-8(5-15)1-2-12(16)14-10/h8-11H,1-7,13H2,(H,14,16). The zero-order valence-electron chi connectivity index (χ0n) is 10.9. The van der Waals surface area contributed by atoms with Crippen molar-refractivity contribution in [1.29, 1.82) is 0 Å². The molecule has 0 aromatic heterocycles. The Balaban J connectivity index is 1.67. The number of fused-ring (bicyclic) bond motifs is 1. The van der Waals surface area contributed by atoms with Crippen LogP contribution in [0.1, 0.15) is 19.3 Å². The summed E-state index contributed by atoms with van der Waals surface area (Å²) in [6.45, 7) is 1.69. The summed E-state index contributed by atoms with van der Waals surface area (Å²) in [6.07, 6.45) is 2.39. The Bertz CT molecular complexity index is 479. The smallest absolute Gasteiger partial charge is 0.220 e. The van der Waals surface area contributed by atoms with E-state index in [1.807, 2.05) is 0 Å². The number of hydrogen-bond donors (Lipinski definition) is 2. The first-order valence-electron chi connectivity index (χ1n) is 6.94. The molecular weight excluding hydrogens is 266 g/mol. The maximum Gasteiger partial charge on any atom is 0.220 e. The summed E-state index contributed by atoms with van der Waals surface area (Å²) < 4.78 is 23.3. The molecule has 0 saturated carbocycles. The minimum absolute atomic E-state index is 0.0384. The second-order valence-corrected chi connectivity index (χ2v) is 8.22. The minimum atomic E-state index is -2.97. The first-order chi connectivity index (χ1) is 8.94. The van der Waals surface area contributed by atoms with Crippen molar-refractivity contribution in [2.45, 2.75) is 37.4 Å². The van der Waals surface area contributed by atoms with Crippen molar-refractivity contribution >= 4 is 15.7 Å². The molecule has 3 heterocycles. The van der Waals surface area contributed by atoms with Gasteiger partial charge in [0, 0.05) is 37.6 Å². The van der Waals surface area contributed by atoms with Gasteiger partial charge in [0.2, 0.25) is 5.91 Å². The monoisotopic (exact) mass is 287 g/mol. The number of carbonyl (C=O) groups excluding carboxylic acids is 1. The fourth-order valence-electron chi connectivity index (χ4n) is 3.67. The summed E-state index contributed by atoms with van der Waals surface area (Å²) in [4.78, 5) is 13.6. The summed E-state index contributed by atoms with van der Waals surface area (Å²) in [6, 6.07) is -0.0324. The fourth-order valence-corrected chi connectivity index (χ4v) is 5.59. The van der Waals surface area contributed by atoms with Crippen molar-refractivity contribution < 1.29 is 13.2 Å². The Morgan fingerprint density at radius 2 is 2.05 bits per heavy atom. The number of rotatable bonds is 1. The van der Waals surface area contributed by atoms with Crippen molar-refractivity contribution in [1.82, 2.24) is 10.2 Å². The van der Waals surface area contributed by atoms with Crippen LogP contribution in [0.2, 0.25) is 0 Å². The molecule has 0 aliphatic carbocycles. The molecule has 4 atom stereocenters. The predicted octanol–water partition coefficient (Wildman–Crippen LogP) is -1.29. The predicted molar refractivity (Wildman–Crippen MR) is 71.3 cm³/mol. The van der Waals surface area contributed by atoms with Gasteiger partial charge >= 0.3 is 0 Å². The third-order valence-corrected chi connectivity index (χ3v) is 6.43. The van der Waals surface area contributed by atoms with Gasteiger partial charge in [0.05, 0.1) is 11.5 Å². The van der Waals surface area contributed by atoms with E-state index in [4.69, 9.17) is 5.73 Å². The van der Waals surface area contributed by atoms with Gasteiger partial charge in [0.1, 0.15) is 0 Å². The second-order valence-electron chi connectivity index (χ2n) is 6.06. The molecule has 0 aromatic rings. The van der Waals surface area contributed by atoms with Gasteiger partial charge in [0.15, 0.2) is 9.84 Å². The van der Waals surface area contributed by atoms with Crippen LogP contribution in [-0.2, 0) is 14.6 Å². The van der Waals surface area contributed by atoms with Crippen LogP contribution in [0.3, 0.4) is 0 Å². The van der Waals surface area contributed by atoms with E-state index >= 15 is 0 Å². The van der Waals surface area contributed by atoms with Crippen LogP contribution in [-0.4, -0.2) is 61.9 Å². The van der Waals surface area contributed by atoms with E-state index in [0.29, 0.717) is 12.3 Å². The number of amides is 1. The number of nitrogens with one attached hydrogen (secondary N) is 1. The van der Waals surface area contributed by atoms with Crippen molar-refractivity contribution in [3.63, 3.8) is 0 Å². The Hall–Kier alpha value is -0.660. The van der Waals surface area contributed by atoms with Crippen molar-refractivity contribution in [3.8, 4) is 0 Å². The molecule has 3 aliphatic rings. The van der Waals surface area contributed by atoms with Gasteiger partial charge in [0.25, 0.3) is 0 Å². The molecule has 0 spiro atoms. The van der Waals surface area contributed by atoms with E-state index in [1.165, 1.54) is 0 Å². The normalized spacial score (nSPS) is 42.7. The summed E-state index contributed by atoms with van der Waals surface area (Å²) >= 11 is 0. The van der Waals surface area contributed by atoms with Crippen LogP contribution in [0.4, 0.5) is 0 Å². The number of nitrogens with zero attached hydrogens (tertiary/aromatic N) is 1. The third kappa shape index (κ3) is 2.64. The molecule has 7 heteroatoms. The lowest BCUT2D eigenvalue weighted by Crippen LogP contribution is -2.58. The highest BCUT2D eigenvalue weighted by molar-refractivity contribution is 7.91. The molecule has 19 heavy (non-hydrogen) atoms. The number of likely N-dealkylation sites (tertiary alicyclic amines) is 1. The van der Waals surface area contributed by atoms with E-state index in [2.05, 4.69) is 10.2 Å². The molecule has 4 unspecified atom stereocenters. The molecule has 3 N–H and O–H groups in total. The zero-order chi connectivity index (χ0) is 13.6. The number of sulfone groups is 1. The third-order valence-electron chi connectivity index (χ3n) is 4.69. The number of piperidine rings is 2. The van der Waals surface area contributed by atoms with Crippen molar-refractivity contribution in [2.24, 2.45) is 11.7 Å². The average Bonchev–Trinajstić information content (AvgIpc) is 2.62. The van der Waals surface area contributed by atoms with E-state index < -0.39 is 9.84 Å². The van der Waals surface area contributed by atoms with Crippen molar-refractivity contribution in [3.05, 3.63) is 0 Å². The number of nitrogens with two attached hydrogens (primary N) is 1. The molecule has 0 aromatic carbocycles. The molecule has 0 bridgehead atoms. The molecule has 3 saturated heterocycles. The van der Waals surface area contributed by atoms with E-state index in [9.17, 15) is 13.2 Å². The molecular formula is C12H21N3O3S. The molecule has 108 valence electrons. The quantitative estimate of drug-likeness (QED) is 0.626. The number of hydrogen-bond acceptors (Lipinski definition) is 5. The Morgan fingerprint density at radius 3 is 2.74 bits per heavy atom. The summed E-state index contributed by atoms with van der Waals surface area (Å²) in [5, 5.41) is 3.04. The molecule has 0 radical (unpaired) electrons. The van der Waals surface area contributed by atoms with E-state index in [1.54, 1.807) is 0 Å². The topological polar surface area (TPSA) is 92.5 Å². The van der Waals surface area contributed by atoms with Crippen LogP contribution in [0.5, 0.6) is 0 Å². The van der Waals surface area contributed by atoms with Crippen LogP contribution >= 0.6 is 0 Å². The van der Waals surface area contributed by atoms with Crippen LogP contribution in [0.25, 0.3) is 0 Å². The van der Waals surface area contributed by atoms with E-state index in [-0.39, 0.29) is 35.5 Å². The van der Waals surface area contributed by atoms with Gasteiger partial charge in [-0.3, -0.25) is 9.69 Å². The first-order valence-corrected chi connectivity index (χ1v) is 8.76. The molecule has 3 fully saturated rings. The van der Waals surface area contributed by atoms with Crippen LogP contribution in [0, 0.1) is 5.92 Å². The molecule has 6 nitrogen and oxygen atoms in total. The number of carbonyl (C=O) groups is 1. The lowest BCUT2D eigenvalue weighted by Gasteiger charge is -2.44. The largest absolute Gasteiger partial charge is 0.353 e.